The predicted octanol–water partition coefficient (Wildman–Crippen LogP) is 1.00. The van der Waals surface area contributed by atoms with Crippen molar-refractivity contribution in [3.05, 3.63) is 17.5 Å². The van der Waals surface area contributed by atoms with E-state index in [9.17, 15) is 14.7 Å². The molecule has 1 aliphatic carbocycles. The lowest BCUT2D eigenvalue weighted by atomic mass is 9.96. The Morgan fingerprint density at radius 2 is 2.23 bits per heavy atom. The SMILES string of the molecule is COCC1(C(=O)O)CCCN1C(=O)c1cnn(C)c1C1CC1. The first-order valence-electron chi connectivity index (χ1n) is 7.57. The van der Waals surface area contributed by atoms with E-state index in [1.165, 1.54) is 12.0 Å². The van der Waals surface area contributed by atoms with Crippen LogP contribution in [0.5, 0.6) is 0 Å². The van der Waals surface area contributed by atoms with Gasteiger partial charge in [-0.2, -0.15) is 5.10 Å². The van der Waals surface area contributed by atoms with Gasteiger partial charge in [0, 0.05) is 26.6 Å². The summed E-state index contributed by atoms with van der Waals surface area (Å²) < 4.78 is 6.84. The van der Waals surface area contributed by atoms with Crippen LogP contribution >= 0.6 is 0 Å². The smallest absolute Gasteiger partial charge is 0.332 e. The van der Waals surface area contributed by atoms with Crippen molar-refractivity contribution in [1.82, 2.24) is 14.7 Å². The van der Waals surface area contributed by atoms with E-state index in [1.54, 1.807) is 10.9 Å². The molecule has 0 aromatic carbocycles. The molecule has 7 heteroatoms. The zero-order chi connectivity index (χ0) is 15.9. The van der Waals surface area contributed by atoms with Gasteiger partial charge in [-0.1, -0.05) is 0 Å². The molecule has 1 saturated carbocycles. The minimum Gasteiger partial charge on any atom is -0.479 e. The Hall–Kier alpha value is -1.89. The van der Waals surface area contributed by atoms with E-state index >= 15 is 0 Å². The highest BCUT2D eigenvalue weighted by atomic mass is 16.5. The molecule has 1 unspecified atom stereocenters. The molecular weight excluding hydrogens is 286 g/mol. The van der Waals surface area contributed by atoms with Gasteiger partial charge in [0.05, 0.1) is 24.1 Å². The van der Waals surface area contributed by atoms with Crippen LogP contribution in [-0.2, 0) is 16.6 Å². The van der Waals surface area contributed by atoms with Crippen LogP contribution in [0.1, 0.15) is 47.7 Å². The number of rotatable bonds is 5. The monoisotopic (exact) mass is 307 g/mol. The molecule has 7 nitrogen and oxygen atoms in total. The fourth-order valence-electron chi connectivity index (χ4n) is 3.45. The molecule has 1 amide bonds. The molecule has 0 bridgehead atoms. The minimum absolute atomic E-state index is 0.00704. The van der Waals surface area contributed by atoms with Gasteiger partial charge in [0.25, 0.3) is 5.91 Å². The van der Waals surface area contributed by atoms with Crippen LogP contribution in [0.2, 0.25) is 0 Å². The molecule has 1 N–H and O–H groups in total. The standard InChI is InChI=1S/C15H21N3O4/c1-17-12(10-4-5-10)11(8-16-17)13(19)18-7-3-6-15(18,9-22-2)14(20)21/h8,10H,3-7,9H2,1-2H3,(H,20,21). The van der Waals surface area contributed by atoms with Crippen LogP contribution < -0.4 is 0 Å². The highest BCUT2D eigenvalue weighted by molar-refractivity contribution is 5.99. The number of carboxylic acid groups (broad SMARTS) is 1. The molecule has 0 spiro atoms. The second kappa shape index (κ2) is 5.39. The molecule has 1 aliphatic heterocycles. The van der Waals surface area contributed by atoms with Crippen molar-refractivity contribution < 1.29 is 19.4 Å². The van der Waals surface area contributed by atoms with Gasteiger partial charge in [-0.3, -0.25) is 9.48 Å². The zero-order valence-corrected chi connectivity index (χ0v) is 12.9. The van der Waals surface area contributed by atoms with E-state index in [-0.39, 0.29) is 12.5 Å². The first kappa shape index (κ1) is 15.0. The van der Waals surface area contributed by atoms with Gasteiger partial charge in [0.15, 0.2) is 5.54 Å². The third-order valence-corrected chi connectivity index (χ3v) is 4.69. The number of carboxylic acids is 1. The van der Waals surface area contributed by atoms with Gasteiger partial charge in [-0.15, -0.1) is 0 Å². The van der Waals surface area contributed by atoms with E-state index in [0.29, 0.717) is 30.9 Å². The molecule has 1 atom stereocenters. The van der Waals surface area contributed by atoms with E-state index < -0.39 is 11.5 Å². The Morgan fingerprint density at radius 1 is 1.50 bits per heavy atom. The number of carbonyl (C=O) groups is 2. The Labute approximate surface area is 128 Å². The van der Waals surface area contributed by atoms with E-state index in [0.717, 1.165) is 18.5 Å². The summed E-state index contributed by atoms with van der Waals surface area (Å²) in [7, 11) is 3.29. The van der Waals surface area contributed by atoms with Crippen molar-refractivity contribution >= 4 is 11.9 Å². The lowest BCUT2D eigenvalue weighted by Gasteiger charge is -2.34. The van der Waals surface area contributed by atoms with Gasteiger partial charge in [0.2, 0.25) is 0 Å². The van der Waals surface area contributed by atoms with Crippen LogP contribution in [0.25, 0.3) is 0 Å². The third kappa shape index (κ3) is 2.20. The van der Waals surface area contributed by atoms with Gasteiger partial charge in [-0.25, -0.2) is 4.79 Å². The lowest BCUT2D eigenvalue weighted by molar-refractivity contribution is -0.151. The fourth-order valence-corrected chi connectivity index (χ4v) is 3.45. The molecule has 120 valence electrons. The Bertz CT molecular complexity index is 608. The number of aliphatic carboxylic acids is 1. The molecule has 2 fully saturated rings. The number of aromatic nitrogens is 2. The van der Waals surface area contributed by atoms with E-state index in [2.05, 4.69) is 5.10 Å². The summed E-state index contributed by atoms with van der Waals surface area (Å²) in [4.78, 5) is 26.2. The molecule has 2 heterocycles. The van der Waals surface area contributed by atoms with Gasteiger partial charge in [-0.05, 0) is 25.7 Å². The average molecular weight is 307 g/mol. The maximum atomic E-state index is 13.0. The number of carbonyl (C=O) groups excluding carboxylic acids is 1. The number of hydrogen-bond donors (Lipinski definition) is 1. The largest absolute Gasteiger partial charge is 0.479 e. The zero-order valence-electron chi connectivity index (χ0n) is 12.9. The van der Waals surface area contributed by atoms with Gasteiger partial charge in [0.1, 0.15) is 0 Å². The summed E-state index contributed by atoms with van der Waals surface area (Å²) in [5.74, 6) is -0.875. The summed E-state index contributed by atoms with van der Waals surface area (Å²) >= 11 is 0. The van der Waals surface area contributed by atoms with Crippen molar-refractivity contribution in [1.29, 1.82) is 0 Å². The summed E-state index contributed by atoms with van der Waals surface area (Å²) in [6.45, 7) is 0.445. The third-order valence-electron chi connectivity index (χ3n) is 4.69. The van der Waals surface area contributed by atoms with Crippen LogP contribution in [0.15, 0.2) is 6.20 Å². The summed E-state index contributed by atoms with van der Waals surface area (Å²) in [6.07, 6.45) is 4.76. The van der Waals surface area contributed by atoms with Crippen LogP contribution in [0.4, 0.5) is 0 Å². The predicted molar refractivity (Wildman–Crippen MR) is 77.7 cm³/mol. The molecule has 1 aromatic rings. The average Bonchev–Trinajstić information content (AvgIpc) is 3.10. The Balaban J connectivity index is 1.95. The number of aryl methyl sites for hydroxylation is 1. The fraction of sp³-hybridized carbons (Fsp3) is 0.667. The number of amides is 1. The molecule has 0 radical (unpaired) electrons. The maximum Gasteiger partial charge on any atom is 0.332 e. The number of hydrogen-bond acceptors (Lipinski definition) is 4. The number of ether oxygens (including phenoxy) is 1. The summed E-state index contributed by atoms with van der Waals surface area (Å²) in [6, 6.07) is 0. The number of likely N-dealkylation sites (tertiary alicyclic amines) is 1. The second-order valence-electron chi connectivity index (χ2n) is 6.17. The molecule has 2 aliphatic rings. The highest BCUT2D eigenvalue weighted by Crippen LogP contribution is 2.42. The molecule has 3 rings (SSSR count). The van der Waals surface area contributed by atoms with Crippen molar-refractivity contribution in [3.8, 4) is 0 Å². The maximum absolute atomic E-state index is 13.0. The molecular formula is C15H21N3O4. The van der Waals surface area contributed by atoms with E-state index in [1.807, 2.05) is 7.05 Å². The van der Waals surface area contributed by atoms with Crippen LogP contribution in [-0.4, -0.2) is 57.5 Å². The van der Waals surface area contributed by atoms with Gasteiger partial charge < -0.3 is 14.7 Å². The van der Waals surface area contributed by atoms with Crippen molar-refractivity contribution in [3.63, 3.8) is 0 Å². The van der Waals surface area contributed by atoms with Crippen molar-refractivity contribution in [2.24, 2.45) is 7.05 Å². The Kier molecular flexibility index (Phi) is 3.68. The molecule has 22 heavy (non-hydrogen) atoms. The van der Waals surface area contributed by atoms with Crippen LogP contribution in [0, 0.1) is 0 Å². The highest BCUT2D eigenvalue weighted by Gasteiger charge is 2.51. The normalized spacial score (nSPS) is 24.7. The minimum atomic E-state index is -1.26. The van der Waals surface area contributed by atoms with Crippen molar-refractivity contribution in [2.45, 2.75) is 37.1 Å². The van der Waals surface area contributed by atoms with Crippen molar-refractivity contribution in [2.75, 3.05) is 20.3 Å². The summed E-state index contributed by atoms with van der Waals surface area (Å²) in [5.41, 5.74) is 0.199. The Morgan fingerprint density at radius 3 is 2.82 bits per heavy atom. The van der Waals surface area contributed by atoms with E-state index in [4.69, 9.17) is 4.74 Å². The molecule has 1 saturated heterocycles. The number of nitrogens with zero attached hydrogens (tertiary/aromatic N) is 3. The number of methoxy groups -OCH3 is 1. The van der Waals surface area contributed by atoms with Crippen LogP contribution in [0.3, 0.4) is 0 Å². The first-order valence-corrected chi connectivity index (χ1v) is 7.57. The molecule has 1 aromatic heterocycles. The topological polar surface area (TPSA) is 84.7 Å². The second-order valence-corrected chi connectivity index (χ2v) is 6.17. The quantitative estimate of drug-likeness (QED) is 0.877. The first-order chi connectivity index (χ1) is 10.5. The van der Waals surface area contributed by atoms with Gasteiger partial charge >= 0.3 is 5.97 Å². The summed E-state index contributed by atoms with van der Waals surface area (Å²) in [5, 5.41) is 13.9. The lowest BCUT2D eigenvalue weighted by Crippen LogP contribution is -2.56.